The first-order chi connectivity index (χ1) is 7.11. The Labute approximate surface area is 102 Å². The van der Waals surface area contributed by atoms with Gasteiger partial charge in [-0.25, -0.2) is 0 Å². The van der Waals surface area contributed by atoms with Gasteiger partial charge < -0.3 is 10.3 Å². The zero-order valence-corrected chi connectivity index (χ0v) is 10.7. The van der Waals surface area contributed by atoms with E-state index in [1.165, 1.54) is 11.1 Å². The van der Waals surface area contributed by atoms with Gasteiger partial charge in [-0.3, -0.25) is 0 Å². The van der Waals surface area contributed by atoms with Gasteiger partial charge in [0, 0.05) is 5.56 Å². The van der Waals surface area contributed by atoms with Gasteiger partial charge in [-0.2, -0.15) is 0 Å². The van der Waals surface area contributed by atoms with E-state index in [1.54, 1.807) is 0 Å². The SMILES string of the molecule is Cc1cccc(C)c1-c1onc(N)c1I. The maximum atomic E-state index is 5.67. The number of nitrogens with two attached hydrogens (primary N) is 1. The number of hydrogen-bond donors (Lipinski definition) is 1. The minimum atomic E-state index is 0.452. The van der Waals surface area contributed by atoms with Gasteiger partial charge in [0.25, 0.3) is 0 Å². The van der Waals surface area contributed by atoms with Gasteiger partial charge in [-0.1, -0.05) is 23.4 Å². The molecule has 0 saturated heterocycles. The minimum absolute atomic E-state index is 0.452. The summed E-state index contributed by atoms with van der Waals surface area (Å²) in [6.07, 6.45) is 0. The van der Waals surface area contributed by atoms with Crippen molar-refractivity contribution >= 4 is 28.4 Å². The van der Waals surface area contributed by atoms with Crippen LogP contribution >= 0.6 is 22.6 Å². The topological polar surface area (TPSA) is 52.0 Å². The van der Waals surface area contributed by atoms with Crippen LogP contribution in [-0.4, -0.2) is 5.16 Å². The number of nitrogen functional groups attached to an aromatic ring is 1. The summed E-state index contributed by atoms with van der Waals surface area (Å²) in [4.78, 5) is 0. The van der Waals surface area contributed by atoms with E-state index in [9.17, 15) is 0 Å². The number of nitrogens with zero attached hydrogens (tertiary/aromatic N) is 1. The van der Waals surface area contributed by atoms with Crippen molar-refractivity contribution in [3.05, 3.63) is 32.9 Å². The van der Waals surface area contributed by atoms with Crippen LogP contribution in [0.3, 0.4) is 0 Å². The molecule has 0 aliphatic carbocycles. The van der Waals surface area contributed by atoms with Crippen molar-refractivity contribution in [2.75, 3.05) is 5.73 Å². The van der Waals surface area contributed by atoms with Crippen molar-refractivity contribution in [1.29, 1.82) is 0 Å². The summed E-state index contributed by atoms with van der Waals surface area (Å²) >= 11 is 2.16. The number of anilines is 1. The Morgan fingerprint density at radius 2 is 1.87 bits per heavy atom. The summed E-state index contributed by atoms with van der Waals surface area (Å²) in [5.41, 5.74) is 9.10. The average Bonchev–Trinajstić information content (AvgIpc) is 2.49. The second kappa shape index (κ2) is 3.84. The Bertz CT molecular complexity index is 485. The first-order valence-electron chi connectivity index (χ1n) is 4.58. The third kappa shape index (κ3) is 1.73. The molecule has 0 saturated carbocycles. The molecule has 4 heteroatoms. The fourth-order valence-electron chi connectivity index (χ4n) is 1.62. The second-order valence-electron chi connectivity index (χ2n) is 3.48. The van der Waals surface area contributed by atoms with Gasteiger partial charge in [0.1, 0.15) is 3.57 Å². The predicted octanol–water partition coefficient (Wildman–Crippen LogP) is 3.15. The first kappa shape index (κ1) is 10.5. The normalized spacial score (nSPS) is 10.6. The molecule has 2 N–H and O–H groups in total. The molecular weight excluding hydrogens is 303 g/mol. The van der Waals surface area contributed by atoms with Gasteiger partial charge >= 0.3 is 0 Å². The lowest BCUT2D eigenvalue weighted by Gasteiger charge is -2.05. The fourth-order valence-corrected chi connectivity index (χ4v) is 2.09. The highest BCUT2D eigenvalue weighted by atomic mass is 127. The quantitative estimate of drug-likeness (QED) is 0.823. The molecule has 78 valence electrons. The lowest BCUT2D eigenvalue weighted by molar-refractivity contribution is 0.435. The van der Waals surface area contributed by atoms with Crippen LogP contribution in [0.1, 0.15) is 11.1 Å². The Kier molecular flexibility index (Phi) is 2.68. The number of halogens is 1. The van der Waals surface area contributed by atoms with E-state index in [0.29, 0.717) is 5.82 Å². The summed E-state index contributed by atoms with van der Waals surface area (Å²) in [7, 11) is 0. The second-order valence-corrected chi connectivity index (χ2v) is 4.56. The van der Waals surface area contributed by atoms with Crippen LogP contribution in [0.15, 0.2) is 22.7 Å². The predicted molar refractivity (Wildman–Crippen MR) is 68.5 cm³/mol. The maximum Gasteiger partial charge on any atom is 0.182 e. The molecule has 1 heterocycles. The van der Waals surface area contributed by atoms with Gasteiger partial charge in [0.15, 0.2) is 11.6 Å². The molecule has 0 aliphatic rings. The average molecular weight is 314 g/mol. The van der Waals surface area contributed by atoms with Crippen LogP contribution < -0.4 is 5.73 Å². The number of hydrogen-bond acceptors (Lipinski definition) is 3. The van der Waals surface area contributed by atoms with Crippen LogP contribution in [0.4, 0.5) is 5.82 Å². The molecule has 0 radical (unpaired) electrons. The monoisotopic (exact) mass is 314 g/mol. The number of benzene rings is 1. The van der Waals surface area contributed by atoms with E-state index in [4.69, 9.17) is 10.3 Å². The van der Waals surface area contributed by atoms with E-state index >= 15 is 0 Å². The Balaban J connectivity index is 2.69. The Morgan fingerprint density at radius 1 is 1.27 bits per heavy atom. The molecule has 0 unspecified atom stereocenters. The van der Waals surface area contributed by atoms with Crippen LogP contribution in [0, 0.1) is 17.4 Å². The molecule has 1 aromatic heterocycles. The molecule has 0 aliphatic heterocycles. The summed E-state index contributed by atoms with van der Waals surface area (Å²) in [5, 5.41) is 3.77. The van der Waals surface area contributed by atoms with Crippen LogP contribution in [-0.2, 0) is 0 Å². The Morgan fingerprint density at radius 3 is 2.33 bits per heavy atom. The highest BCUT2D eigenvalue weighted by Gasteiger charge is 2.16. The van der Waals surface area contributed by atoms with Crippen molar-refractivity contribution in [3.63, 3.8) is 0 Å². The summed E-state index contributed by atoms with van der Waals surface area (Å²) in [6, 6.07) is 6.13. The first-order valence-corrected chi connectivity index (χ1v) is 5.66. The van der Waals surface area contributed by atoms with Gasteiger partial charge in [0.2, 0.25) is 0 Å². The smallest absolute Gasteiger partial charge is 0.182 e. The summed E-state index contributed by atoms with van der Waals surface area (Å²) in [5.74, 6) is 1.22. The van der Waals surface area contributed by atoms with Crippen molar-refractivity contribution < 1.29 is 4.52 Å². The van der Waals surface area contributed by atoms with Gasteiger partial charge in [0.05, 0.1) is 0 Å². The third-order valence-electron chi connectivity index (χ3n) is 2.37. The van der Waals surface area contributed by atoms with Crippen molar-refractivity contribution in [2.24, 2.45) is 0 Å². The van der Waals surface area contributed by atoms with Gasteiger partial charge in [-0.05, 0) is 47.6 Å². The maximum absolute atomic E-state index is 5.67. The minimum Gasteiger partial charge on any atom is -0.380 e. The zero-order valence-electron chi connectivity index (χ0n) is 8.54. The van der Waals surface area contributed by atoms with E-state index in [-0.39, 0.29) is 0 Å². The van der Waals surface area contributed by atoms with Crippen molar-refractivity contribution in [1.82, 2.24) is 5.16 Å². The number of aromatic nitrogens is 1. The summed E-state index contributed by atoms with van der Waals surface area (Å²) < 4.78 is 6.14. The zero-order chi connectivity index (χ0) is 11.0. The molecule has 0 spiro atoms. The fraction of sp³-hybridized carbons (Fsp3) is 0.182. The van der Waals surface area contributed by atoms with E-state index < -0.39 is 0 Å². The molecule has 15 heavy (non-hydrogen) atoms. The van der Waals surface area contributed by atoms with E-state index in [0.717, 1.165) is 14.9 Å². The molecule has 0 amide bonds. The summed E-state index contributed by atoms with van der Waals surface area (Å²) in [6.45, 7) is 4.11. The standard InChI is InChI=1S/C11H11IN2O/c1-6-4-3-5-7(2)8(6)10-9(12)11(13)14-15-10/h3-5H,1-2H3,(H2,13,14). The molecule has 0 fully saturated rings. The lowest BCUT2D eigenvalue weighted by atomic mass is 10.0. The number of aryl methyl sites for hydroxylation is 2. The van der Waals surface area contributed by atoms with Crippen LogP contribution in [0.5, 0.6) is 0 Å². The molecule has 1 aromatic carbocycles. The van der Waals surface area contributed by atoms with E-state index in [1.807, 2.05) is 6.07 Å². The lowest BCUT2D eigenvalue weighted by Crippen LogP contribution is -1.89. The molecule has 2 aromatic rings. The highest BCUT2D eigenvalue weighted by Crippen LogP contribution is 2.33. The van der Waals surface area contributed by atoms with Crippen molar-refractivity contribution in [3.8, 4) is 11.3 Å². The Hall–Kier alpha value is -1.04. The molecular formula is C11H11IN2O. The molecule has 0 atom stereocenters. The van der Waals surface area contributed by atoms with Crippen LogP contribution in [0.2, 0.25) is 0 Å². The molecule has 0 bridgehead atoms. The largest absolute Gasteiger partial charge is 0.380 e. The molecule has 2 rings (SSSR count). The highest BCUT2D eigenvalue weighted by molar-refractivity contribution is 14.1. The van der Waals surface area contributed by atoms with Crippen molar-refractivity contribution in [2.45, 2.75) is 13.8 Å². The third-order valence-corrected chi connectivity index (χ3v) is 3.41. The number of rotatable bonds is 1. The van der Waals surface area contributed by atoms with Crippen LogP contribution in [0.25, 0.3) is 11.3 Å². The van der Waals surface area contributed by atoms with Gasteiger partial charge in [-0.15, -0.1) is 0 Å². The molecule has 3 nitrogen and oxygen atoms in total. The van der Waals surface area contributed by atoms with E-state index in [2.05, 4.69) is 53.7 Å².